The number of benzene rings is 1. The van der Waals surface area contributed by atoms with Crippen molar-refractivity contribution in [3.8, 4) is 11.8 Å². The minimum absolute atomic E-state index is 0.137. The molecule has 1 fully saturated rings. The van der Waals surface area contributed by atoms with Crippen LogP contribution in [0.4, 0.5) is 5.82 Å². The van der Waals surface area contributed by atoms with Crippen LogP contribution < -0.4 is 9.64 Å². The Bertz CT molecular complexity index is 758. The van der Waals surface area contributed by atoms with Gasteiger partial charge in [0.25, 0.3) is 0 Å². The SMILES string of the molecule is COc1ccc(CC(=O)N2CCN(c3ccc(C#N)cn3)CC2)cc1. The molecule has 2 heterocycles. The fourth-order valence-corrected chi connectivity index (χ4v) is 2.85. The highest BCUT2D eigenvalue weighted by Gasteiger charge is 2.21. The molecule has 25 heavy (non-hydrogen) atoms. The lowest BCUT2D eigenvalue weighted by atomic mass is 10.1. The van der Waals surface area contributed by atoms with Crippen LogP contribution in [-0.4, -0.2) is 49.1 Å². The summed E-state index contributed by atoms with van der Waals surface area (Å²) in [6, 6.07) is 13.3. The molecule has 128 valence electrons. The van der Waals surface area contributed by atoms with E-state index in [0.717, 1.165) is 30.2 Å². The number of amides is 1. The van der Waals surface area contributed by atoms with Gasteiger partial charge in [-0.1, -0.05) is 12.1 Å². The van der Waals surface area contributed by atoms with E-state index in [-0.39, 0.29) is 5.91 Å². The number of hydrogen-bond donors (Lipinski definition) is 0. The maximum atomic E-state index is 12.5. The summed E-state index contributed by atoms with van der Waals surface area (Å²) >= 11 is 0. The second kappa shape index (κ2) is 7.67. The van der Waals surface area contributed by atoms with Gasteiger partial charge in [-0.25, -0.2) is 4.98 Å². The first-order chi connectivity index (χ1) is 12.2. The number of ether oxygens (including phenoxy) is 1. The van der Waals surface area contributed by atoms with E-state index in [2.05, 4.69) is 16.0 Å². The molecule has 0 spiro atoms. The molecule has 0 bridgehead atoms. The van der Waals surface area contributed by atoms with Crippen molar-refractivity contribution in [1.29, 1.82) is 5.26 Å². The summed E-state index contributed by atoms with van der Waals surface area (Å²) in [4.78, 5) is 20.8. The van der Waals surface area contributed by atoms with Crippen LogP contribution in [0.5, 0.6) is 5.75 Å². The van der Waals surface area contributed by atoms with Crippen LogP contribution in [0.1, 0.15) is 11.1 Å². The summed E-state index contributed by atoms with van der Waals surface area (Å²) in [5.74, 6) is 1.78. The molecule has 1 amide bonds. The highest BCUT2D eigenvalue weighted by Crippen LogP contribution is 2.16. The number of pyridine rings is 1. The smallest absolute Gasteiger partial charge is 0.227 e. The number of nitrogens with zero attached hydrogens (tertiary/aromatic N) is 4. The maximum Gasteiger partial charge on any atom is 0.227 e. The highest BCUT2D eigenvalue weighted by atomic mass is 16.5. The lowest BCUT2D eigenvalue weighted by molar-refractivity contribution is -0.130. The van der Waals surface area contributed by atoms with E-state index in [0.29, 0.717) is 25.1 Å². The van der Waals surface area contributed by atoms with Crippen molar-refractivity contribution in [3.63, 3.8) is 0 Å². The summed E-state index contributed by atoms with van der Waals surface area (Å²) < 4.78 is 5.13. The Morgan fingerprint density at radius 2 is 1.88 bits per heavy atom. The molecule has 1 aliphatic heterocycles. The standard InChI is InChI=1S/C19H20N4O2/c1-25-17-5-2-15(3-6-17)12-19(24)23-10-8-22(9-11-23)18-7-4-16(13-20)14-21-18/h2-7,14H,8-12H2,1H3. The number of hydrogen-bond acceptors (Lipinski definition) is 5. The fraction of sp³-hybridized carbons (Fsp3) is 0.316. The van der Waals surface area contributed by atoms with Crippen LogP contribution in [0, 0.1) is 11.3 Å². The second-order valence-electron chi connectivity index (χ2n) is 5.91. The van der Waals surface area contributed by atoms with E-state index in [4.69, 9.17) is 10.00 Å². The zero-order valence-corrected chi connectivity index (χ0v) is 14.2. The third-order valence-corrected chi connectivity index (χ3v) is 4.35. The van der Waals surface area contributed by atoms with E-state index in [1.54, 1.807) is 19.4 Å². The Hall–Kier alpha value is -3.07. The monoisotopic (exact) mass is 336 g/mol. The molecular formula is C19H20N4O2. The second-order valence-corrected chi connectivity index (χ2v) is 5.91. The van der Waals surface area contributed by atoms with Crippen LogP contribution in [0.3, 0.4) is 0 Å². The number of anilines is 1. The normalized spacial score (nSPS) is 14.1. The molecule has 0 unspecified atom stereocenters. The number of nitriles is 1. The summed E-state index contributed by atoms with van der Waals surface area (Å²) in [6.07, 6.45) is 1.98. The Balaban J connectivity index is 1.53. The van der Waals surface area contributed by atoms with Crippen LogP contribution in [0.15, 0.2) is 42.6 Å². The van der Waals surface area contributed by atoms with Crippen LogP contribution in [-0.2, 0) is 11.2 Å². The third-order valence-electron chi connectivity index (χ3n) is 4.35. The molecule has 1 aromatic heterocycles. The van der Waals surface area contributed by atoms with Crippen molar-refractivity contribution in [2.24, 2.45) is 0 Å². The molecule has 1 aromatic carbocycles. The Morgan fingerprint density at radius 3 is 2.44 bits per heavy atom. The number of carbonyl (C=O) groups is 1. The predicted octanol–water partition coefficient (Wildman–Crippen LogP) is 1.85. The van der Waals surface area contributed by atoms with Gasteiger partial charge < -0.3 is 14.5 Å². The van der Waals surface area contributed by atoms with Crippen LogP contribution >= 0.6 is 0 Å². The fourth-order valence-electron chi connectivity index (χ4n) is 2.85. The Kier molecular flexibility index (Phi) is 5.14. The van der Waals surface area contributed by atoms with Gasteiger partial charge in [0, 0.05) is 32.4 Å². The van der Waals surface area contributed by atoms with Gasteiger partial charge in [-0.3, -0.25) is 4.79 Å². The zero-order valence-electron chi connectivity index (χ0n) is 14.2. The molecule has 0 atom stereocenters. The summed E-state index contributed by atoms with van der Waals surface area (Å²) in [6.45, 7) is 2.84. The lowest BCUT2D eigenvalue weighted by Crippen LogP contribution is -2.49. The quantitative estimate of drug-likeness (QED) is 0.852. The number of aromatic nitrogens is 1. The summed E-state index contributed by atoms with van der Waals surface area (Å²) in [5.41, 5.74) is 1.54. The van der Waals surface area contributed by atoms with Crippen molar-refractivity contribution < 1.29 is 9.53 Å². The first-order valence-corrected chi connectivity index (χ1v) is 8.21. The first-order valence-electron chi connectivity index (χ1n) is 8.21. The van der Waals surface area contributed by atoms with Crippen molar-refractivity contribution in [2.75, 3.05) is 38.2 Å². The molecule has 0 N–H and O–H groups in total. The molecule has 0 saturated carbocycles. The topological polar surface area (TPSA) is 69.5 Å². The Labute approximate surface area is 147 Å². The molecule has 0 radical (unpaired) electrons. The zero-order chi connectivity index (χ0) is 17.6. The van der Waals surface area contributed by atoms with E-state index in [1.165, 1.54) is 0 Å². The van der Waals surface area contributed by atoms with Gasteiger partial charge in [-0.15, -0.1) is 0 Å². The van der Waals surface area contributed by atoms with E-state index < -0.39 is 0 Å². The average Bonchev–Trinajstić information content (AvgIpc) is 2.69. The van der Waals surface area contributed by atoms with Gasteiger partial charge in [0.05, 0.1) is 19.1 Å². The highest BCUT2D eigenvalue weighted by molar-refractivity contribution is 5.79. The number of piperazine rings is 1. The van der Waals surface area contributed by atoms with Crippen molar-refractivity contribution >= 4 is 11.7 Å². The molecule has 1 saturated heterocycles. The molecule has 0 aliphatic carbocycles. The largest absolute Gasteiger partial charge is 0.497 e. The van der Waals surface area contributed by atoms with Gasteiger partial charge >= 0.3 is 0 Å². The van der Waals surface area contributed by atoms with E-state index in [1.807, 2.05) is 35.2 Å². The van der Waals surface area contributed by atoms with E-state index >= 15 is 0 Å². The summed E-state index contributed by atoms with van der Waals surface area (Å²) in [5, 5.41) is 8.83. The van der Waals surface area contributed by atoms with Gasteiger partial charge in [0.2, 0.25) is 5.91 Å². The predicted molar refractivity (Wildman–Crippen MR) is 94.4 cm³/mol. The molecule has 6 nitrogen and oxygen atoms in total. The van der Waals surface area contributed by atoms with Crippen LogP contribution in [0.25, 0.3) is 0 Å². The number of rotatable bonds is 4. The summed E-state index contributed by atoms with van der Waals surface area (Å²) in [7, 11) is 1.63. The minimum Gasteiger partial charge on any atom is -0.497 e. The van der Waals surface area contributed by atoms with Gasteiger partial charge in [0.15, 0.2) is 0 Å². The molecule has 2 aromatic rings. The average molecular weight is 336 g/mol. The number of methoxy groups -OCH3 is 1. The Morgan fingerprint density at radius 1 is 1.16 bits per heavy atom. The third kappa shape index (κ3) is 4.07. The maximum absolute atomic E-state index is 12.5. The first kappa shape index (κ1) is 16.8. The van der Waals surface area contributed by atoms with Gasteiger partial charge in [-0.05, 0) is 29.8 Å². The lowest BCUT2D eigenvalue weighted by Gasteiger charge is -2.35. The van der Waals surface area contributed by atoms with E-state index in [9.17, 15) is 4.79 Å². The van der Waals surface area contributed by atoms with Crippen LogP contribution in [0.2, 0.25) is 0 Å². The molecule has 1 aliphatic rings. The van der Waals surface area contributed by atoms with Crippen molar-refractivity contribution in [1.82, 2.24) is 9.88 Å². The number of carbonyl (C=O) groups excluding carboxylic acids is 1. The minimum atomic E-state index is 0.137. The van der Waals surface area contributed by atoms with Crippen molar-refractivity contribution in [3.05, 3.63) is 53.7 Å². The van der Waals surface area contributed by atoms with Gasteiger partial charge in [0.1, 0.15) is 17.6 Å². The molecular weight excluding hydrogens is 316 g/mol. The molecule has 6 heteroatoms. The molecule has 3 rings (SSSR count). The van der Waals surface area contributed by atoms with Crippen molar-refractivity contribution in [2.45, 2.75) is 6.42 Å². The van der Waals surface area contributed by atoms with Gasteiger partial charge in [-0.2, -0.15) is 5.26 Å².